The highest BCUT2D eigenvalue weighted by molar-refractivity contribution is 6.69. The smallest absolute Gasteiger partial charge is 0.184 e. The molecule has 19 heavy (non-hydrogen) atoms. The lowest BCUT2D eigenvalue weighted by molar-refractivity contribution is 0.196. The lowest BCUT2D eigenvalue weighted by Crippen LogP contribution is -2.28. The normalized spacial score (nSPS) is 12.9. The second kappa shape index (κ2) is 6.77. The Morgan fingerprint density at radius 2 is 1.89 bits per heavy atom. The van der Waals surface area contributed by atoms with Crippen molar-refractivity contribution in [2.45, 2.75) is 32.2 Å². The van der Waals surface area contributed by atoms with E-state index in [0.29, 0.717) is 0 Å². The monoisotopic (exact) mass is 280 g/mol. The van der Waals surface area contributed by atoms with Gasteiger partial charge in [0.1, 0.15) is 11.5 Å². The van der Waals surface area contributed by atoms with Crippen molar-refractivity contribution in [1.82, 2.24) is 0 Å². The minimum absolute atomic E-state index is 0.0331. The van der Waals surface area contributed by atoms with E-state index in [1.165, 1.54) is 0 Å². The highest BCUT2D eigenvalue weighted by Crippen LogP contribution is 2.35. The van der Waals surface area contributed by atoms with Crippen LogP contribution in [0.2, 0.25) is 19.6 Å². The van der Waals surface area contributed by atoms with E-state index in [1.54, 1.807) is 14.2 Å². The van der Waals surface area contributed by atoms with Gasteiger partial charge < -0.3 is 13.9 Å². The van der Waals surface area contributed by atoms with E-state index in [2.05, 4.69) is 26.2 Å². The first kappa shape index (κ1) is 15.8. The van der Waals surface area contributed by atoms with Crippen LogP contribution in [0.1, 0.15) is 18.1 Å². The SMILES string of the molecule is C=CCC(O[Si](C)(C)C)c1cc(OC)ccc1OC. The van der Waals surface area contributed by atoms with Crippen LogP contribution in [0.25, 0.3) is 0 Å². The van der Waals surface area contributed by atoms with Gasteiger partial charge >= 0.3 is 0 Å². The van der Waals surface area contributed by atoms with Crippen LogP contribution in [0.3, 0.4) is 0 Å². The summed E-state index contributed by atoms with van der Waals surface area (Å²) in [7, 11) is 1.68. The summed E-state index contributed by atoms with van der Waals surface area (Å²) >= 11 is 0. The van der Waals surface area contributed by atoms with E-state index in [-0.39, 0.29) is 6.10 Å². The summed E-state index contributed by atoms with van der Waals surface area (Å²) < 4.78 is 17.0. The largest absolute Gasteiger partial charge is 0.497 e. The first-order chi connectivity index (χ1) is 8.91. The van der Waals surface area contributed by atoms with Gasteiger partial charge in [-0.3, -0.25) is 0 Å². The maximum atomic E-state index is 6.24. The maximum Gasteiger partial charge on any atom is 0.184 e. The zero-order valence-electron chi connectivity index (χ0n) is 12.5. The molecule has 0 amide bonds. The van der Waals surface area contributed by atoms with Crippen molar-refractivity contribution in [3.63, 3.8) is 0 Å². The molecular weight excluding hydrogens is 256 g/mol. The average molecular weight is 280 g/mol. The minimum Gasteiger partial charge on any atom is -0.497 e. The molecule has 0 fully saturated rings. The fraction of sp³-hybridized carbons (Fsp3) is 0.467. The van der Waals surface area contributed by atoms with Crippen LogP contribution < -0.4 is 9.47 Å². The quantitative estimate of drug-likeness (QED) is 0.554. The van der Waals surface area contributed by atoms with E-state index >= 15 is 0 Å². The van der Waals surface area contributed by atoms with Crippen molar-refractivity contribution in [3.8, 4) is 11.5 Å². The zero-order chi connectivity index (χ0) is 14.5. The Hall–Kier alpha value is -1.26. The fourth-order valence-electron chi connectivity index (χ4n) is 1.91. The van der Waals surface area contributed by atoms with Gasteiger partial charge in [-0.25, -0.2) is 0 Å². The highest BCUT2D eigenvalue weighted by Gasteiger charge is 2.24. The molecule has 0 radical (unpaired) electrons. The maximum absolute atomic E-state index is 6.24. The molecule has 0 aliphatic carbocycles. The summed E-state index contributed by atoms with van der Waals surface area (Å²) in [6, 6.07) is 5.78. The van der Waals surface area contributed by atoms with E-state index in [0.717, 1.165) is 23.5 Å². The molecule has 3 nitrogen and oxygen atoms in total. The van der Waals surface area contributed by atoms with E-state index < -0.39 is 8.32 Å². The van der Waals surface area contributed by atoms with Crippen LogP contribution >= 0.6 is 0 Å². The lowest BCUT2D eigenvalue weighted by Gasteiger charge is -2.27. The van der Waals surface area contributed by atoms with Crippen LogP contribution in [0.5, 0.6) is 11.5 Å². The molecule has 0 aromatic heterocycles. The number of hydrogen-bond acceptors (Lipinski definition) is 3. The topological polar surface area (TPSA) is 27.7 Å². The molecule has 1 rings (SSSR count). The lowest BCUT2D eigenvalue weighted by atomic mass is 10.1. The summed E-state index contributed by atoms with van der Waals surface area (Å²) in [4.78, 5) is 0. The number of ether oxygens (including phenoxy) is 2. The number of methoxy groups -OCH3 is 2. The Morgan fingerprint density at radius 3 is 2.37 bits per heavy atom. The molecule has 1 atom stereocenters. The molecule has 0 saturated carbocycles. The summed E-state index contributed by atoms with van der Waals surface area (Å²) in [6.07, 6.45) is 2.60. The summed E-state index contributed by atoms with van der Waals surface area (Å²) in [6.45, 7) is 10.3. The Bertz CT molecular complexity index is 424. The molecule has 0 spiro atoms. The summed E-state index contributed by atoms with van der Waals surface area (Å²) in [5.41, 5.74) is 1.02. The van der Waals surface area contributed by atoms with Gasteiger partial charge in [0.2, 0.25) is 0 Å². The fourth-order valence-corrected chi connectivity index (χ4v) is 2.98. The van der Waals surface area contributed by atoms with Crippen LogP contribution in [-0.4, -0.2) is 22.5 Å². The molecular formula is C15H24O3Si. The third-order valence-electron chi connectivity index (χ3n) is 2.66. The third-order valence-corrected chi connectivity index (χ3v) is 3.65. The molecule has 0 saturated heterocycles. The first-order valence-electron chi connectivity index (χ1n) is 6.42. The predicted molar refractivity (Wildman–Crippen MR) is 81.5 cm³/mol. The minimum atomic E-state index is -1.65. The Morgan fingerprint density at radius 1 is 1.21 bits per heavy atom. The van der Waals surface area contributed by atoms with Crippen molar-refractivity contribution in [2.24, 2.45) is 0 Å². The predicted octanol–water partition coefficient (Wildman–Crippen LogP) is 4.17. The van der Waals surface area contributed by atoms with Crippen molar-refractivity contribution >= 4 is 8.32 Å². The number of benzene rings is 1. The van der Waals surface area contributed by atoms with Crippen LogP contribution in [-0.2, 0) is 4.43 Å². The van der Waals surface area contributed by atoms with Gasteiger partial charge in [-0.1, -0.05) is 6.08 Å². The van der Waals surface area contributed by atoms with E-state index in [4.69, 9.17) is 13.9 Å². The van der Waals surface area contributed by atoms with Crippen LogP contribution in [0, 0.1) is 0 Å². The Kier molecular flexibility index (Phi) is 5.63. The van der Waals surface area contributed by atoms with Gasteiger partial charge in [0.05, 0.1) is 20.3 Å². The molecule has 0 bridgehead atoms. The van der Waals surface area contributed by atoms with Gasteiger partial charge in [-0.15, -0.1) is 6.58 Å². The molecule has 1 aromatic rings. The van der Waals surface area contributed by atoms with E-state index in [9.17, 15) is 0 Å². The van der Waals surface area contributed by atoms with Crippen LogP contribution in [0.4, 0.5) is 0 Å². The van der Waals surface area contributed by atoms with Gasteiger partial charge in [-0.05, 0) is 44.3 Å². The molecule has 4 heteroatoms. The van der Waals surface area contributed by atoms with Gasteiger partial charge in [0.15, 0.2) is 8.32 Å². The molecule has 1 unspecified atom stereocenters. The number of hydrogen-bond donors (Lipinski definition) is 0. The second-order valence-electron chi connectivity index (χ2n) is 5.35. The first-order valence-corrected chi connectivity index (χ1v) is 9.82. The van der Waals surface area contributed by atoms with Gasteiger partial charge in [0.25, 0.3) is 0 Å². The van der Waals surface area contributed by atoms with E-state index in [1.807, 2.05) is 24.3 Å². The molecule has 1 aromatic carbocycles. The molecule has 0 aliphatic rings. The Balaban J connectivity index is 3.15. The molecule has 106 valence electrons. The van der Waals surface area contributed by atoms with Gasteiger partial charge in [0, 0.05) is 5.56 Å². The Labute approximate surface area is 117 Å². The zero-order valence-corrected chi connectivity index (χ0v) is 13.5. The second-order valence-corrected chi connectivity index (χ2v) is 9.81. The van der Waals surface area contributed by atoms with Gasteiger partial charge in [-0.2, -0.15) is 0 Å². The van der Waals surface area contributed by atoms with Crippen molar-refractivity contribution in [3.05, 3.63) is 36.4 Å². The van der Waals surface area contributed by atoms with Crippen molar-refractivity contribution < 1.29 is 13.9 Å². The van der Waals surface area contributed by atoms with Crippen LogP contribution in [0.15, 0.2) is 30.9 Å². The summed E-state index contributed by atoms with van der Waals surface area (Å²) in [5.74, 6) is 1.63. The molecule has 0 N–H and O–H groups in total. The standard InChI is InChI=1S/C15H24O3Si/c1-7-8-15(18-19(4,5)6)13-11-12(16-2)9-10-14(13)17-3/h7,9-11,15H,1,8H2,2-6H3. The summed E-state index contributed by atoms with van der Waals surface area (Å²) in [5, 5.41) is 0. The molecule has 0 aliphatic heterocycles. The number of rotatable bonds is 7. The van der Waals surface area contributed by atoms with Crippen molar-refractivity contribution in [2.75, 3.05) is 14.2 Å². The third kappa shape index (κ3) is 4.72. The highest BCUT2D eigenvalue weighted by atomic mass is 28.4. The van der Waals surface area contributed by atoms with Crippen molar-refractivity contribution in [1.29, 1.82) is 0 Å². The average Bonchev–Trinajstić information content (AvgIpc) is 2.36. The molecule has 0 heterocycles.